The summed E-state index contributed by atoms with van der Waals surface area (Å²) in [6.07, 6.45) is 4.13. The van der Waals surface area contributed by atoms with Crippen LogP contribution in [-0.4, -0.2) is 40.1 Å². The van der Waals surface area contributed by atoms with E-state index in [4.69, 9.17) is 9.47 Å². The Labute approximate surface area is 167 Å². The van der Waals surface area contributed by atoms with E-state index in [9.17, 15) is 19.5 Å². The molecule has 156 valence electrons. The molecule has 0 heterocycles. The summed E-state index contributed by atoms with van der Waals surface area (Å²) in [5, 5.41) is 10.5. The molecule has 4 unspecified atom stereocenters. The van der Waals surface area contributed by atoms with Crippen molar-refractivity contribution in [2.24, 2.45) is 11.3 Å². The van der Waals surface area contributed by atoms with Gasteiger partial charge in [0.15, 0.2) is 11.4 Å². The second-order valence-corrected chi connectivity index (χ2v) is 9.05. The van der Waals surface area contributed by atoms with Crippen LogP contribution in [0.1, 0.15) is 67.7 Å². The molecule has 0 aliphatic heterocycles. The van der Waals surface area contributed by atoms with Gasteiger partial charge in [-0.05, 0) is 52.9 Å². The number of fused-ring (bicyclic) bond motifs is 1. The standard InChI is InChI=1S/C22H32O6/c1-8-13(2)19(25)27-18-9-10-21(6)12-16(24)15(20(4,5)26)11-17(21)22(18,7)28-14(3)23/h8,11,17-18,26H,9-10,12H2,1-7H3/b13-8+. The highest BCUT2D eigenvalue weighted by Gasteiger charge is 2.59. The zero-order chi connectivity index (χ0) is 21.5. The molecule has 2 rings (SSSR count). The zero-order valence-corrected chi connectivity index (χ0v) is 17.9. The van der Waals surface area contributed by atoms with Gasteiger partial charge >= 0.3 is 11.9 Å². The van der Waals surface area contributed by atoms with Gasteiger partial charge in [-0.1, -0.05) is 19.1 Å². The average Bonchev–Trinajstić information content (AvgIpc) is 2.54. The van der Waals surface area contributed by atoms with Gasteiger partial charge < -0.3 is 14.6 Å². The van der Waals surface area contributed by atoms with E-state index in [-0.39, 0.29) is 18.1 Å². The Kier molecular flexibility index (Phi) is 5.96. The molecule has 0 spiro atoms. The number of aliphatic hydroxyl groups is 1. The van der Waals surface area contributed by atoms with Crippen LogP contribution in [0.15, 0.2) is 23.3 Å². The zero-order valence-electron chi connectivity index (χ0n) is 17.9. The van der Waals surface area contributed by atoms with Gasteiger partial charge in [-0.15, -0.1) is 0 Å². The maximum absolute atomic E-state index is 12.7. The predicted molar refractivity (Wildman–Crippen MR) is 104 cm³/mol. The lowest BCUT2D eigenvalue weighted by molar-refractivity contribution is -0.208. The number of esters is 2. The van der Waals surface area contributed by atoms with E-state index in [2.05, 4.69) is 0 Å². The summed E-state index contributed by atoms with van der Waals surface area (Å²) in [5.74, 6) is -1.41. The Morgan fingerprint density at radius 3 is 2.39 bits per heavy atom. The molecule has 0 aromatic heterocycles. The molecule has 0 radical (unpaired) electrons. The number of hydrogen-bond acceptors (Lipinski definition) is 6. The highest BCUT2D eigenvalue weighted by molar-refractivity contribution is 5.98. The van der Waals surface area contributed by atoms with E-state index in [0.717, 1.165) is 0 Å². The largest absolute Gasteiger partial charge is 0.455 e. The van der Waals surface area contributed by atoms with Crippen molar-refractivity contribution in [3.8, 4) is 0 Å². The molecule has 4 atom stereocenters. The van der Waals surface area contributed by atoms with Crippen LogP contribution in [0.5, 0.6) is 0 Å². The Bertz CT molecular complexity index is 741. The fraction of sp³-hybridized carbons (Fsp3) is 0.682. The summed E-state index contributed by atoms with van der Waals surface area (Å²) in [5.41, 5.74) is -2.11. The van der Waals surface area contributed by atoms with Crippen molar-refractivity contribution >= 4 is 17.7 Å². The quantitative estimate of drug-likeness (QED) is 0.583. The van der Waals surface area contributed by atoms with Crippen molar-refractivity contribution in [3.05, 3.63) is 23.3 Å². The van der Waals surface area contributed by atoms with E-state index in [0.29, 0.717) is 24.0 Å². The number of rotatable bonds is 4. The van der Waals surface area contributed by atoms with Crippen molar-refractivity contribution in [2.45, 2.75) is 85.0 Å². The second-order valence-electron chi connectivity index (χ2n) is 9.05. The number of ketones is 1. The molecule has 1 saturated carbocycles. The van der Waals surface area contributed by atoms with Crippen LogP contribution < -0.4 is 0 Å². The smallest absolute Gasteiger partial charge is 0.333 e. The number of Topliss-reactive ketones (excluding diaryl/α,β-unsaturated/α-hetero) is 1. The fourth-order valence-corrected chi connectivity index (χ4v) is 4.58. The number of carbonyl (C=O) groups excluding carboxylic acids is 3. The minimum absolute atomic E-state index is 0.100. The fourth-order valence-electron chi connectivity index (χ4n) is 4.58. The molecular weight excluding hydrogens is 360 g/mol. The van der Waals surface area contributed by atoms with E-state index in [1.165, 1.54) is 6.92 Å². The molecule has 1 N–H and O–H groups in total. The first-order valence-corrected chi connectivity index (χ1v) is 9.76. The van der Waals surface area contributed by atoms with Crippen LogP contribution in [0.25, 0.3) is 0 Å². The normalized spacial score (nSPS) is 33.6. The second kappa shape index (κ2) is 7.47. The first kappa shape index (κ1) is 22.3. The van der Waals surface area contributed by atoms with Crippen molar-refractivity contribution in [1.82, 2.24) is 0 Å². The van der Waals surface area contributed by atoms with Crippen LogP contribution in [0.4, 0.5) is 0 Å². The van der Waals surface area contributed by atoms with E-state index < -0.39 is 34.7 Å². The van der Waals surface area contributed by atoms with Gasteiger partial charge in [0.05, 0.1) is 5.60 Å². The molecule has 0 bridgehead atoms. The molecule has 0 aromatic carbocycles. The van der Waals surface area contributed by atoms with Gasteiger partial charge in [-0.25, -0.2) is 4.79 Å². The highest BCUT2D eigenvalue weighted by Crippen LogP contribution is 2.55. The van der Waals surface area contributed by atoms with Crippen LogP contribution in [0.3, 0.4) is 0 Å². The number of allylic oxidation sites excluding steroid dienone is 1. The van der Waals surface area contributed by atoms with Crippen LogP contribution in [0, 0.1) is 11.3 Å². The maximum atomic E-state index is 12.7. The third-order valence-electron chi connectivity index (χ3n) is 6.21. The van der Waals surface area contributed by atoms with Crippen molar-refractivity contribution < 1.29 is 29.0 Å². The summed E-state index contributed by atoms with van der Waals surface area (Å²) < 4.78 is 11.5. The summed E-state index contributed by atoms with van der Waals surface area (Å²) in [4.78, 5) is 37.0. The third-order valence-corrected chi connectivity index (χ3v) is 6.21. The molecular formula is C22H32O6. The van der Waals surface area contributed by atoms with Crippen LogP contribution >= 0.6 is 0 Å². The van der Waals surface area contributed by atoms with Gasteiger partial charge in [0.2, 0.25) is 0 Å². The van der Waals surface area contributed by atoms with Crippen LogP contribution in [0.2, 0.25) is 0 Å². The molecule has 0 aromatic rings. The Morgan fingerprint density at radius 1 is 1.29 bits per heavy atom. The van der Waals surface area contributed by atoms with Crippen molar-refractivity contribution in [3.63, 3.8) is 0 Å². The molecule has 2 aliphatic rings. The summed E-state index contributed by atoms with van der Waals surface area (Å²) in [6, 6.07) is 0. The maximum Gasteiger partial charge on any atom is 0.333 e. The number of ether oxygens (including phenoxy) is 2. The lowest BCUT2D eigenvalue weighted by atomic mass is 9.54. The SMILES string of the molecule is C/C=C(\C)C(=O)OC1CCC2(C)CC(=O)C(C(C)(C)O)=CC2C1(C)OC(C)=O. The Morgan fingerprint density at radius 2 is 1.89 bits per heavy atom. The van der Waals surface area contributed by atoms with E-state index >= 15 is 0 Å². The predicted octanol–water partition coefficient (Wildman–Crippen LogP) is 3.27. The minimum atomic E-state index is -1.30. The monoisotopic (exact) mass is 392 g/mol. The molecule has 2 aliphatic carbocycles. The molecule has 6 nitrogen and oxygen atoms in total. The Hall–Kier alpha value is -1.95. The molecule has 0 saturated heterocycles. The van der Waals surface area contributed by atoms with Gasteiger partial charge in [0, 0.05) is 30.4 Å². The first-order valence-electron chi connectivity index (χ1n) is 9.76. The minimum Gasteiger partial charge on any atom is -0.455 e. The lowest BCUT2D eigenvalue weighted by Gasteiger charge is -2.55. The van der Waals surface area contributed by atoms with Crippen molar-refractivity contribution in [2.75, 3.05) is 0 Å². The topological polar surface area (TPSA) is 89.9 Å². The average molecular weight is 392 g/mol. The van der Waals surface area contributed by atoms with Crippen molar-refractivity contribution in [1.29, 1.82) is 0 Å². The molecule has 0 amide bonds. The molecule has 1 fully saturated rings. The summed E-state index contributed by atoms with van der Waals surface area (Å²) in [7, 11) is 0. The van der Waals surface area contributed by atoms with Crippen LogP contribution in [-0.2, 0) is 23.9 Å². The van der Waals surface area contributed by atoms with E-state index in [1.807, 2.05) is 6.92 Å². The van der Waals surface area contributed by atoms with Gasteiger partial charge in [-0.3, -0.25) is 9.59 Å². The summed E-state index contributed by atoms with van der Waals surface area (Å²) in [6.45, 7) is 11.6. The first-order chi connectivity index (χ1) is 12.7. The third kappa shape index (κ3) is 4.07. The highest BCUT2D eigenvalue weighted by atomic mass is 16.6. The Balaban J connectivity index is 2.55. The van der Waals surface area contributed by atoms with Gasteiger partial charge in [-0.2, -0.15) is 0 Å². The molecule has 28 heavy (non-hydrogen) atoms. The number of carbonyl (C=O) groups is 3. The van der Waals surface area contributed by atoms with E-state index in [1.54, 1.807) is 46.8 Å². The van der Waals surface area contributed by atoms with Gasteiger partial charge in [0.1, 0.15) is 6.10 Å². The molecule has 6 heteroatoms. The summed E-state index contributed by atoms with van der Waals surface area (Å²) >= 11 is 0. The lowest BCUT2D eigenvalue weighted by Crippen LogP contribution is -2.61. The van der Waals surface area contributed by atoms with Gasteiger partial charge in [0.25, 0.3) is 0 Å². The number of hydrogen-bond donors (Lipinski definition) is 1.